The molecule has 2 aromatic carbocycles. The predicted octanol–water partition coefficient (Wildman–Crippen LogP) is 2.88. The number of hydrogen-bond acceptors (Lipinski definition) is 3. The second kappa shape index (κ2) is 6.82. The number of amides is 1. The van der Waals surface area contributed by atoms with E-state index >= 15 is 0 Å². The van der Waals surface area contributed by atoms with Crippen molar-refractivity contribution < 1.29 is 4.79 Å². The molecular formula is C22H24N4O. The normalized spacial score (nSPS) is 18.6. The van der Waals surface area contributed by atoms with Crippen LogP contribution in [0.2, 0.25) is 0 Å². The maximum Gasteiger partial charge on any atom is 0.253 e. The van der Waals surface area contributed by atoms with Crippen LogP contribution in [-0.2, 0) is 12.8 Å². The number of nitrogens with zero attached hydrogens (tertiary/aromatic N) is 3. The molecule has 0 bridgehead atoms. The van der Waals surface area contributed by atoms with E-state index in [9.17, 15) is 4.79 Å². The van der Waals surface area contributed by atoms with Crippen LogP contribution in [0.4, 0.5) is 0 Å². The number of aromatic nitrogens is 2. The summed E-state index contributed by atoms with van der Waals surface area (Å²) < 4.78 is 0. The molecule has 3 aromatic rings. The predicted molar refractivity (Wildman–Crippen MR) is 106 cm³/mol. The van der Waals surface area contributed by atoms with Gasteiger partial charge < -0.3 is 9.88 Å². The molecule has 2 heterocycles. The number of rotatable bonds is 2. The quantitative estimate of drug-likeness (QED) is 0.765. The number of fused-ring (bicyclic) bond motifs is 2. The van der Waals surface area contributed by atoms with Crippen molar-refractivity contribution in [1.29, 1.82) is 0 Å². The molecule has 138 valence electrons. The van der Waals surface area contributed by atoms with Gasteiger partial charge in [0.2, 0.25) is 0 Å². The summed E-state index contributed by atoms with van der Waals surface area (Å²) in [5.41, 5.74) is 5.55. The van der Waals surface area contributed by atoms with Gasteiger partial charge in [-0.3, -0.25) is 9.69 Å². The first-order valence-electron chi connectivity index (χ1n) is 9.81. The minimum absolute atomic E-state index is 0.128. The van der Waals surface area contributed by atoms with Gasteiger partial charge in [-0.25, -0.2) is 4.98 Å². The average Bonchev–Trinajstić information content (AvgIpc) is 3.27. The number of benzene rings is 2. The van der Waals surface area contributed by atoms with Crippen molar-refractivity contribution >= 4 is 16.9 Å². The van der Waals surface area contributed by atoms with E-state index < -0.39 is 0 Å². The molecule has 0 atom stereocenters. The van der Waals surface area contributed by atoms with Gasteiger partial charge in [-0.05, 0) is 48.6 Å². The Morgan fingerprint density at radius 2 is 1.81 bits per heavy atom. The molecule has 1 N–H and O–H groups in total. The fraction of sp³-hybridized carbons (Fsp3) is 0.364. The highest BCUT2D eigenvalue weighted by Crippen LogP contribution is 2.26. The van der Waals surface area contributed by atoms with E-state index in [0.717, 1.165) is 62.0 Å². The van der Waals surface area contributed by atoms with E-state index in [4.69, 9.17) is 0 Å². The van der Waals surface area contributed by atoms with Gasteiger partial charge in [0.05, 0.1) is 17.4 Å². The molecule has 1 amide bonds. The summed E-state index contributed by atoms with van der Waals surface area (Å²) in [6, 6.07) is 15.1. The standard InChI is InChI=1S/C22H24N4O/c27-22(18-6-7-20-21(14-18)24-15-23-20)26-9-3-8-25(10-11-26)19-12-16-4-1-2-5-17(16)13-19/h1-2,4-7,14-15,19H,3,8-13H2,(H,23,24). The topological polar surface area (TPSA) is 52.2 Å². The first kappa shape index (κ1) is 16.5. The molecule has 1 aromatic heterocycles. The van der Waals surface area contributed by atoms with Gasteiger partial charge >= 0.3 is 0 Å². The summed E-state index contributed by atoms with van der Waals surface area (Å²) in [4.78, 5) is 24.9. The molecule has 0 spiro atoms. The zero-order valence-corrected chi connectivity index (χ0v) is 15.4. The molecule has 0 radical (unpaired) electrons. The van der Waals surface area contributed by atoms with Gasteiger partial charge in [0.25, 0.3) is 5.91 Å². The Kier molecular flexibility index (Phi) is 4.17. The van der Waals surface area contributed by atoms with Crippen LogP contribution in [0.3, 0.4) is 0 Å². The molecule has 27 heavy (non-hydrogen) atoms. The summed E-state index contributed by atoms with van der Waals surface area (Å²) in [6.07, 6.45) is 4.98. The minimum atomic E-state index is 0.128. The van der Waals surface area contributed by atoms with Gasteiger partial charge in [-0.2, -0.15) is 0 Å². The number of carbonyl (C=O) groups is 1. The van der Waals surface area contributed by atoms with Crippen LogP contribution in [0.15, 0.2) is 48.8 Å². The van der Waals surface area contributed by atoms with Gasteiger partial charge in [-0.15, -0.1) is 0 Å². The highest BCUT2D eigenvalue weighted by Gasteiger charge is 2.29. The Morgan fingerprint density at radius 3 is 2.63 bits per heavy atom. The summed E-state index contributed by atoms with van der Waals surface area (Å²) in [5, 5.41) is 0. The van der Waals surface area contributed by atoms with Crippen molar-refractivity contribution in [2.45, 2.75) is 25.3 Å². The second-order valence-corrected chi connectivity index (χ2v) is 7.65. The van der Waals surface area contributed by atoms with E-state index in [0.29, 0.717) is 6.04 Å². The van der Waals surface area contributed by atoms with Crippen LogP contribution in [0.1, 0.15) is 27.9 Å². The Balaban J connectivity index is 1.26. The summed E-state index contributed by atoms with van der Waals surface area (Å²) in [7, 11) is 0. The molecule has 5 nitrogen and oxygen atoms in total. The lowest BCUT2D eigenvalue weighted by molar-refractivity contribution is 0.0758. The van der Waals surface area contributed by atoms with Crippen molar-refractivity contribution in [1.82, 2.24) is 19.8 Å². The molecular weight excluding hydrogens is 336 g/mol. The SMILES string of the molecule is O=C(c1ccc2nc[nH]c2c1)N1CCCN(C2Cc3ccccc3C2)CC1. The third-order valence-corrected chi connectivity index (χ3v) is 6.03. The molecule has 0 saturated carbocycles. The molecule has 5 rings (SSSR count). The summed E-state index contributed by atoms with van der Waals surface area (Å²) in [5.74, 6) is 0.128. The van der Waals surface area contributed by atoms with E-state index in [1.165, 1.54) is 11.1 Å². The van der Waals surface area contributed by atoms with E-state index in [-0.39, 0.29) is 5.91 Å². The summed E-state index contributed by atoms with van der Waals surface area (Å²) in [6.45, 7) is 3.65. The van der Waals surface area contributed by atoms with Crippen LogP contribution in [0.25, 0.3) is 11.0 Å². The molecule has 1 aliphatic carbocycles. The van der Waals surface area contributed by atoms with E-state index in [2.05, 4.69) is 39.1 Å². The van der Waals surface area contributed by atoms with E-state index in [1.54, 1.807) is 6.33 Å². The minimum Gasteiger partial charge on any atom is -0.345 e. The third-order valence-electron chi connectivity index (χ3n) is 6.03. The van der Waals surface area contributed by atoms with Gasteiger partial charge in [0.15, 0.2) is 0 Å². The maximum atomic E-state index is 13.0. The van der Waals surface area contributed by atoms with Crippen molar-refractivity contribution in [3.63, 3.8) is 0 Å². The lowest BCUT2D eigenvalue weighted by Gasteiger charge is -2.27. The van der Waals surface area contributed by atoms with Crippen LogP contribution < -0.4 is 0 Å². The molecule has 1 aliphatic heterocycles. The van der Waals surface area contributed by atoms with Crippen LogP contribution in [0.5, 0.6) is 0 Å². The summed E-state index contributed by atoms with van der Waals surface area (Å²) >= 11 is 0. The smallest absolute Gasteiger partial charge is 0.253 e. The second-order valence-electron chi connectivity index (χ2n) is 7.65. The third kappa shape index (κ3) is 3.12. The molecule has 0 unspecified atom stereocenters. The molecule has 2 aliphatic rings. The zero-order chi connectivity index (χ0) is 18.2. The Bertz CT molecular complexity index is 954. The Morgan fingerprint density at radius 1 is 1.00 bits per heavy atom. The maximum absolute atomic E-state index is 13.0. The van der Waals surface area contributed by atoms with Gasteiger partial charge in [0, 0.05) is 37.8 Å². The largest absolute Gasteiger partial charge is 0.345 e. The number of H-pyrrole nitrogens is 1. The van der Waals surface area contributed by atoms with Crippen LogP contribution in [-0.4, -0.2) is 57.9 Å². The monoisotopic (exact) mass is 360 g/mol. The fourth-order valence-electron chi connectivity index (χ4n) is 4.55. The fourth-order valence-corrected chi connectivity index (χ4v) is 4.55. The van der Waals surface area contributed by atoms with Crippen LogP contribution in [0, 0.1) is 0 Å². The zero-order valence-electron chi connectivity index (χ0n) is 15.4. The van der Waals surface area contributed by atoms with Crippen molar-refractivity contribution in [2.75, 3.05) is 26.2 Å². The van der Waals surface area contributed by atoms with Gasteiger partial charge in [-0.1, -0.05) is 24.3 Å². The average molecular weight is 360 g/mol. The first-order chi connectivity index (χ1) is 13.3. The molecule has 1 saturated heterocycles. The lowest BCUT2D eigenvalue weighted by atomic mass is 10.1. The van der Waals surface area contributed by atoms with Crippen molar-refractivity contribution in [3.05, 3.63) is 65.5 Å². The first-order valence-corrected chi connectivity index (χ1v) is 9.81. The number of carbonyl (C=O) groups excluding carboxylic acids is 1. The Labute approximate surface area is 159 Å². The highest BCUT2D eigenvalue weighted by atomic mass is 16.2. The highest BCUT2D eigenvalue weighted by molar-refractivity contribution is 5.97. The number of imidazole rings is 1. The van der Waals surface area contributed by atoms with Gasteiger partial charge in [0.1, 0.15) is 0 Å². The number of hydrogen-bond donors (Lipinski definition) is 1. The number of aromatic amines is 1. The number of nitrogens with one attached hydrogen (secondary N) is 1. The molecule has 1 fully saturated rings. The lowest BCUT2D eigenvalue weighted by Crippen LogP contribution is -2.40. The van der Waals surface area contributed by atoms with Crippen LogP contribution >= 0.6 is 0 Å². The van der Waals surface area contributed by atoms with Crippen molar-refractivity contribution in [2.24, 2.45) is 0 Å². The van der Waals surface area contributed by atoms with E-state index in [1.807, 2.05) is 23.1 Å². The van der Waals surface area contributed by atoms with Crippen molar-refractivity contribution in [3.8, 4) is 0 Å². The molecule has 5 heteroatoms. The Hall–Kier alpha value is -2.66.